The van der Waals surface area contributed by atoms with Gasteiger partial charge < -0.3 is 16.0 Å². The van der Waals surface area contributed by atoms with Crippen LogP contribution < -0.4 is 11.1 Å². The van der Waals surface area contributed by atoms with Gasteiger partial charge in [0.25, 0.3) is 0 Å². The minimum Gasteiger partial charge on any atom is -0.385 e. The zero-order valence-corrected chi connectivity index (χ0v) is 15.0. The van der Waals surface area contributed by atoms with Crippen LogP contribution in [0.1, 0.15) is 28.8 Å². The topological polar surface area (TPSA) is 70.9 Å². The van der Waals surface area contributed by atoms with E-state index in [1.54, 1.807) is 0 Å². The number of aromatic amines is 1. The van der Waals surface area contributed by atoms with E-state index in [0.29, 0.717) is 11.1 Å². The van der Waals surface area contributed by atoms with Crippen LogP contribution in [0.3, 0.4) is 0 Å². The summed E-state index contributed by atoms with van der Waals surface area (Å²) in [5.41, 5.74) is 12.5. The molecule has 0 aliphatic carbocycles. The molecule has 2 heterocycles. The molecule has 3 aromatic rings. The van der Waals surface area contributed by atoms with Crippen LogP contribution in [0.5, 0.6) is 0 Å². The third-order valence-corrected chi connectivity index (χ3v) is 5.31. The molecule has 0 atom stereocenters. The lowest BCUT2D eigenvalue weighted by atomic mass is 9.92. The molecule has 1 amide bonds. The highest BCUT2D eigenvalue weighted by Gasteiger charge is 2.20. The molecule has 0 radical (unpaired) electrons. The van der Waals surface area contributed by atoms with Crippen LogP contribution in [0.2, 0.25) is 0 Å². The van der Waals surface area contributed by atoms with E-state index < -0.39 is 5.91 Å². The average Bonchev–Trinajstić information content (AvgIpc) is 2.90. The Hall–Kier alpha value is -2.82. The predicted molar refractivity (Wildman–Crippen MR) is 103 cm³/mol. The molecule has 0 saturated heterocycles. The van der Waals surface area contributed by atoms with E-state index in [9.17, 15) is 4.79 Å². The van der Waals surface area contributed by atoms with Crippen molar-refractivity contribution in [2.24, 2.45) is 5.73 Å². The van der Waals surface area contributed by atoms with Crippen molar-refractivity contribution in [3.05, 3.63) is 52.5 Å². The Morgan fingerprint density at radius 3 is 2.85 bits per heavy atom. The maximum atomic E-state index is 15.2. The Kier molecular flexibility index (Phi) is 3.94. The number of fused-ring (bicyclic) bond motifs is 2. The second-order valence-electron chi connectivity index (χ2n) is 7.06. The first-order valence-corrected chi connectivity index (χ1v) is 8.91. The number of nitrogens with one attached hydrogen (secondary N) is 2. The molecule has 5 heteroatoms. The van der Waals surface area contributed by atoms with Gasteiger partial charge in [-0.05, 0) is 61.1 Å². The molecule has 0 unspecified atom stereocenters. The van der Waals surface area contributed by atoms with E-state index in [1.165, 1.54) is 11.6 Å². The lowest BCUT2D eigenvalue weighted by Crippen LogP contribution is -2.14. The SMILES string of the molecule is Cc1[nH]c2c(CC(N)=O)cc(F)c(-c3ccc4c(c3)NCCC4)c2c1C. The minimum absolute atomic E-state index is 0.0127. The summed E-state index contributed by atoms with van der Waals surface area (Å²) in [6, 6.07) is 7.53. The molecule has 4 rings (SSSR count). The first-order valence-electron chi connectivity index (χ1n) is 8.91. The monoisotopic (exact) mass is 351 g/mol. The molecule has 0 fully saturated rings. The normalized spacial score (nSPS) is 13.5. The number of carbonyl (C=O) groups excluding carboxylic acids is 1. The Bertz CT molecular complexity index is 1040. The van der Waals surface area contributed by atoms with Gasteiger partial charge in [-0.25, -0.2) is 4.39 Å². The Balaban J connectivity index is 1.98. The van der Waals surface area contributed by atoms with E-state index in [1.807, 2.05) is 26.0 Å². The van der Waals surface area contributed by atoms with E-state index in [-0.39, 0.29) is 12.2 Å². The van der Waals surface area contributed by atoms with Crippen LogP contribution in [-0.2, 0) is 17.6 Å². The van der Waals surface area contributed by atoms with Crippen LogP contribution in [-0.4, -0.2) is 17.4 Å². The number of anilines is 1. The van der Waals surface area contributed by atoms with Crippen molar-refractivity contribution in [2.75, 3.05) is 11.9 Å². The number of aryl methyl sites for hydroxylation is 3. The number of H-pyrrole nitrogens is 1. The molecule has 1 aliphatic rings. The van der Waals surface area contributed by atoms with E-state index in [2.05, 4.69) is 16.4 Å². The molecule has 1 aliphatic heterocycles. The van der Waals surface area contributed by atoms with Gasteiger partial charge in [-0.2, -0.15) is 0 Å². The first-order chi connectivity index (χ1) is 12.5. The van der Waals surface area contributed by atoms with Gasteiger partial charge in [0.05, 0.1) is 11.9 Å². The maximum Gasteiger partial charge on any atom is 0.221 e. The highest BCUT2D eigenvalue weighted by Crippen LogP contribution is 2.38. The van der Waals surface area contributed by atoms with Gasteiger partial charge in [-0.15, -0.1) is 0 Å². The second-order valence-corrected chi connectivity index (χ2v) is 7.06. The van der Waals surface area contributed by atoms with Gasteiger partial charge in [-0.3, -0.25) is 4.79 Å². The summed E-state index contributed by atoms with van der Waals surface area (Å²) >= 11 is 0. The fourth-order valence-electron chi connectivity index (χ4n) is 3.91. The number of aromatic nitrogens is 1. The van der Waals surface area contributed by atoms with Crippen molar-refractivity contribution in [1.82, 2.24) is 4.98 Å². The molecule has 1 aromatic heterocycles. The zero-order valence-electron chi connectivity index (χ0n) is 15.0. The third-order valence-electron chi connectivity index (χ3n) is 5.31. The first kappa shape index (κ1) is 16.6. The Labute approximate surface area is 151 Å². The van der Waals surface area contributed by atoms with Crippen molar-refractivity contribution in [3.8, 4) is 11.1 Å². The predicted octanol–water partition coefficient (Wildman–Crippen LogP) is 3.98. The number of carbonyl (C=O) groups is 1. The summed E-state index contributed by atoms with van der Waals surface area (Å²) in [5.74, 6) is -0.798. The summed E-state index contributed by atoms with van der Waals surface area (Å²) in [6.07, 6.45) is 2.17. The minimum atomic E-state index is -0.471. The summed E-state index contributed by atoms with van der Waals surface area (Å²) in [6.45, 7) is 4.87. The molecule has 0 saturated carbocycles. The standard InChI is InChI=1S/C21H22FN3O/c1-11-12(2)25-21-15(10-18(23)26)8-16(22)20(19(11)21)14-6-5-13-4-3-7-24-17(13)9-14/h5-6,8-9,24-25H,3-4,7,10H2,1-2H3,(H2,23,26). The van der Waals surface area contributed by atoms with Crippen LogP contribution in [0, 0.1) is 19.7 Å². The Morgan fingerprint density at radius 2 is 2.08 bits per heavy atom. The molecule has 2 aromatic carbocycles. The van der Waals surface area contributed by atoms with Crippen LogP contribution >= 0.6 is 0 Å². The number of halogens is 1. The van der Waals surface area contributed by atoms with E-state index in [0.717, 1.165) is 52.8 Å². The number of primary amides is 1. The number of amides is 1. The van der Waals surface area contributed by atoms with Gasteiger partial charge in [0, 0.05) is 28.9 Å². The van der Waals surface area contributed by atoms with Crippen LogP contribution in [0.4, 0.5) is 10.1 Å². The highest BCUT2D eigenvalue weighted by molar-refractivity contribution is 6.02. The largest absolute Gasteiger partial charge is 0.385 e. The van der Waals surface area contributed by atoms with Gasteiger partial charge in [0.15, 0.2) is 0 Å². The van der Waals surface area contributed by atoms with E-state index in [4.69, 9.17) is 5.73 Å². The molecular weight excluding hydrogens is 329 g/mol. The number of hydrogen-bond donors (Lipinski definition) is 3. The molecule has 26 heavy (non-hydrogen) atoms. The molecule has 4 nitrogen and oxygen atoms in total. The van der Waals surface area contributed by atoms with Crippen molar-refractivity contribution in [1.29, 1.82) is 0 Å². The molecule has 4 N–H and O–H groups in total. The fourth-order valence-corrected chi connectivity index (χ4v) is 3.91. The zero-order chi connectivity index (χ0) is 18.4. The van der Waals surface area contributed by atoms with E-state index >= 15 is 4.39 Å². The number of benzene rings is 2. The summed E-state index contributed by atoms with van der Waals surface area (Å²) in [7, 11) is 0. The quantitative estimate of drug-likeness (QED) is 0.668. The van der Waals surface area contributed by atoms with Crippen LogP contribution in [0.25, 0.3) is 22.0 Å². The summed E-state index contributed by atoms with van der Waals surface area (Å²) in [4.78, 5) is 14.7. The second kappa shape index (κ2) is 6.16. The third kappa shape index (κ3) is 2.64. The number of rotatable bonds is 3. The van der Waals surface area contributed by atoms with Crippen molar-refractivity contribution in [3.63, 3.8) is 0 Å². The average molecular weight is 351 g/mol. The smallest absolute Gasteiger partial charge is 0.221 e. The van der Waals surface area contributed by atoms with Crippen molar-refractivity contribution >= 4 is 22.5 Å². The summed E-state index contributed by atoms with van der Waals surface area (Å²) in [5, 5.41) is 4.23. The van der Waals surface area contributed by atoms with Crippen molar-refractivity contribution < 1.29 is 9.18 Å². The summed E-state index contributed by atoms with van der Waals surface area (Å²) < 4.78 is 15.2. The maximum absolute atomic E-state index is 15.2. The molecule has 134 valence electrons. The van der Waals surface area contributed by atoms with Gasteiger partial charge in [0.1, 0.15) is 5.82 Å². The van der Waals surface area contributed by atoms with Crippen molar-refractivity contribution in [2.45, 2.75) is 33.1 Å². The van der Waals surface area contributed by atoms with Gasteiger partial charge in [-0.1, -0.05) is 12.1 Å². The van der Waals surface area contributed by atoms with Gasteiger partial charge >= 0.3 is 0 Å². The lowest BCUT2D eigenvalue weighted by molar-refractivity contribution is -0.117. The van der Waals surface area contributed by atoms with Crippen LogP contribution in [0.15, 0.2) is 24.3 Å². The molecule has 0 bridgehead atoms. The molecular formula is C21H22FN3O. The number of hydrogen-bond acceptors (Lipinski definition) is 2. The van der Waals surface area contributed by atoms with Gasteiger partial charge in [0.2, 0.25) is 5.91 Å². The highest BCUT2D eigenvalue weighted by atomic mass is 19.1. The fraction of sp³-hybridized carbons (Fsp3) is 0.286. The molecule has 0 spiro atoms. The Morgan fingerprint density at radius 1 is 1.27 bits per heavy atom. The number of nitrogens with two attached hydrogens (primary N) is 1. The lowest BCUT2D eigenvalue weighted by Gasteiger charge is -2.19.